The van der Waals surface area contributed by atoms with Crippen LogP contribution in [0.3, 0.4) is 0 Å². The molecular formula is C21H18F2N2O4. The normalized spacial score (nSPS) is 15.8. The predicted molar refractivity (Wildman–Crippen MR) is 101 cm³/mol. The third-order valence-corrected chi connectivity index (χ3v) is 4.66. The lowest BCUT2D eigenvalue weighted by Crippen LogP contribution is -2.42. The van der Waals surface area contributed by atoms with Crippen LogP contribution in [0.2, 0.25) is 0 Å². The summed E-state index contributed by atoms with van der Waals surface area (Å²) in [6.07, 6.45) is 0.739. The van der Waals surface area contributed by atoms with E-state index in [4.69, 9.17) is 13.9 Å². The molecule has 6 nitrogen and oxygen atoms in total. The second kappa shape index (κ2) is 7.83. The Morgan fingerprint density at radius 2 is 1.97 bits per heavy atom. The first-order valence-electron chi connectivity index (χ1n) is 8.89. The molecule has 4 rings (SSSR count). The molecule has 1 unspecified atom stereocenters. The number of anilines is 1. The van der Waals surface area contributed by atoms with E-state index in [2.05, 4.69) is 5.32 Å². The zero-order valence-electron chi connectivity index (χ0n) is 15.5. The Hall–Kier alpha value is -3.55. The number of methoxy groups -OCH3 is 1. The van der Waals surface area contributed by atoms with Gasteiger partial charge in [-0.25, -0.2) is 0 Å². The number of fused-ring (bicyclic) bond motifs is 1. The van der Waals surface area contributed by atoms with Gasteiger partial charge in [0.1, 0.15) is 11.9 Å². The van der Waals surface area contributed by atoms with Gasteiger partial charge in [-0.15, -0.1) is 0 Å². The minimum atomic E-state index is -3.05. The van der Waals surface area contributed by atoms with Crippen molar-refractivity contribution in [2.75, 3.05) is 12.4 Å². The van der Waals surface area contributed by atoms with E-state index < -0.39 is 12.8 Å². The average molecular weight is 400 g/mol. The highest BCUT2D eigenvalue weighted by molar-refractivity contribution is 6.01. The van der Waals surface area contributed by atoms with Crippen LogP contribution in [0.1, 0.15) is 27.8 Å². The van der Waals surface area contributed by atoms with Crippen molar-refractivity contribution >= 4 is 11.6 Å². The molecule has 0 saturated heterocycles. The molecule has 0 saturated carbocycles. The summed E-state index contributed by atoms with van der Waals surface area (Å²) in [6.45, 7) is -2.90. The fraction of sp³-hybridized carbons (Fsp3) is 0.190. The number of carbonyl (C=O) groups is 1. The van der Waals surface area contributed by atoms with Crippen molar-refractivity contribution in [1.82, 2.24) is 4.90 Å². The Morgan fingerprint density at radius 1 is 1.14 bits per heavy atom. The van der Waals surface area contributed by atoms with Crippen molar-refractivity contribution in [3.63, 3.8) is 0 Å². The maximum atomic E-state index is 13.2. The molecule has 1 aliphatic heterocycles. The number of amides is 1. The first kappa shape index (κ1) is 18.8. The van der Waals surface area contributed by atoms with Crippen molar-refractivity contribution < 1.29 is 27.5 Å². The van der Waals surface area contributed by atoms with Gasteiger partial charge in [-0.05, 0) is 30.3 Å². The van der Waals surface area contributed by atoms with E-state index in [0.29, 0.717) is 22.6 Å². The molecular weight excluding hydrogens is 382 g/mol. The molecule has 1 atom stereocenters. The van der Waals surface area contributed by atoms with E-state index in [1.807, 2.05) is 0 Å². The van der Waals surface area contributed by atoms with E-state index in [0.717, 1.165) is 0 Å². The van der Waals surface area contributed by atoms with Crippen LogP contribution in [0.15, 0.2) is 65.3 Å². The van der Waals surface area contributed by atoms with Crippen molar-refractivity contribution in [3.8, 4) is 11.5 Å². The van der Waals surface area contributed by atoms with Gasteiger partial charge in [0.15, 0.2) is 11.5 Å². The lowest BCUT2D eigenvalue weighted by molar-refractivity contribution is -0.0524. The minimum absolute atomic E-state index is 0.126. The first-order chi connectivity index (χ1) is 14.1. The zero-order valence-corrected chi connectivity index (χ0v) is 15.5. The fourth-order valence-corrected chi connectivity index (χ4v) is 3.40. The molecule has 29 heavy (non-hydrogen) atoms. The van der Waals surface area contributed by atoms with E-state index >= 15 is 0 Å². The Labute approximate surface area is 165 Å². The summed E-state index contributed by atoms with van der Waals surface area (Å²) in [5, 5.41) is 3.25. The van der Waals surface area contributed by atoms with Crippen molar-refractivity contribution in [3.05, 3.63) is 77.7 Å². The number of benzene rings is 2. The summed E-state index contributed by atoms with van der Waals surface area (Å²) in [6, 6.07) is 15.3. The van der Waals surface area contributed by atoms with Gasteiger partial charge in [0.25, 0.3) is 5.91 Å². The van der Waals surface area contributed by atoms with Crippen LogP contribution < -0.4 is 14.8 Å². The first-order valence-corrected chi connectivity index (χ1v) is 8.89. The summed E-state index contributed by atoms with van der Waals surface area (Å²) >= 11 is 0. The molecule has 0 aliphatic carbocycles. The van der Waals surface area contributed by atoms with Gasteiger partial charge in [0.2, 0.25) is 0 Å². The van der Waals surface area contributed by atoms with E-state index in [9.17, 15) is 13.6 Å². The molecule has 1 aliphatic rings. The minimum Gasteiger partial charge on any atom is -0.493 e. The van der Waals surface area contributed by atoms with Gasteiger partial charge in [0, 0.05) is 11.3 Å². The van der Waals surface area contributed by atoms with Crippen LogP contribution in [0.4, 0.5) is 14.5 Å². The number of carbonyl (C=O) groups excluding carboxylic acids is 1. The summed E-state index contributed by atoms with van der Waals surface area (Å²) in [7, 11) is 1.37. The molecule has 1 amide bonds. The van der Waals surface area contributed by atoms with Crippen LogP contribution >= 0.6 is 0 Å². The number of rotatable bonds is 6. The van der Waals surface area contributed by atoms with Crippen LogP contribution in [0, 0.1) is 0 Å². The third-order valence-electron chi connectivity index (χ3n) is 4.66. The van der Waals surface area contributed by atoms with Gasteiger partial charge in [-0.2, -0.15) is 8.78 Å². The fourth-order valence-electron chi connectivity index (χ4n) is 3.40. The Balaban J connectivity index is 1.82. The van der Waals surface area contributed by atoms with Crippen molar-refractivity contribution in [1.29, 1.82) is 0 Å². The lowest BCUT2D eigenvalue weighted by Gasteiger charge is -2.38. The number of hydrogen-bond acceptors (Lipinski definition) is 5. The quantitative estimate of drug-likeness (QED) is 0.652. The van der Waals surface area contributed by atoms with E-state index in [1.165, 1.54) is 24.3 Å². The average Bonchev–Trinajstić information content (AvgIpc) is 3.23. The van der Waals surface area contributed by atoms with Gasteiger partial charge >= 0.3 is 6.61 Å². The molecule has 1 aromatic heterocycles. The number of hydrogen-bond donors (Lipinski definition) is 1. The smallest absolute Gasteiger partial charge is 0.387 e. The van der Waals surface area contributed by atoms with Gasteiger partial charge in [-0.1, -0.05) is 24.3 Å². The number of ether oxygens (including phenoxy) is 2. The van der Waals surface area contributed by atoms with Crippen LogP contribution in [0.25, 0.3) is 0 Å². The van der Waals surface area contributed by atoms with Gasteiger partial charge in [0.05, 0.1) is 25.5 Å². The highest BCUT2D eigenvalue weighted by Gasteiger charge is 2.36. The maximum Gasteiger partial charge on any atom is 0.387 e. The highest BCUT2D eigenvalue weighted by atomic mass is 19.3. The van der Waals surface area contributed by atoms with E-state index in [-0.39, 0.29) is 24.0 Å². The molecule has 8 heteroatoms. The number of alkyl halides is 2. The predicted octanol–water partition coefficient (Wildman–Crippen LogP) is 4.66. The monoisotopic (exact) mass is 400 g/mol. The zero-order chi connectivity index (χ0) is 20.4. The third kappa shape index (κ3) is 3.61. The molecule has 0 bridgehead atoms. The number of furan rings is 1. The lowest BCUT2D eigenvalue weighted by atomic mass is 10.0. The summed E-state index contributed by atoms with van der Waals surface area (Å²) in [4.78, 5) is 14.7. The molecule has 150 valence electrons. The maximum absolute atomic E-state index is 13.2. The van der Waals surface area contributed by atoms with Gasteiger partial charge in [-0.3, -0.25) is 4.79 Å². The molecule has 0 radical (unpaired) electrons. The number of para-hydroxylation sites is 2. The Morgan fingerprint density at radius 3 is 2.69 bits per heavy atom. The van der Waals surface area contributed by atoms with Crippen LogP contribution in [-0.2, 0) is 6.54 Å². The second-order valence-electron chi connectivity index (χ2n) is 6.36. The van der Waals surface area contributed by atoms with Crippen molar-refractivity contribution in [2.45, 2.75) is 19.3 Å². The number of nitrogens with zero attached hydrogens (tertiary/aromatic N) is 1. The SMILES string of the molecule is COc1cccc(C2Nc3ccccc3C(=O)N2Cc2ccco2)c1OC(F)F. The summed E-state index contributed by atoms with van der Waals surface area (Å²) in [5.41, 5.74) is 1.43. The standard InChI is InChI=1S/C21H18F2N2O4/c1-27-17-10-4-8-15(18(17)29-21(22)23)19-24-16-9-3-2-7-14(16)20(26)25(19)12-13-6-5-11-28-13/h2-11,19,21,24H,12H2,1H3. The largest absolute Gasteiger partial charge is 0.493 e. The number of halogens is 2. The summed E-state index contributed by atoms with van der Waals surface area (Å²) in [5.74, 6) is 0.323. The molecule has 2 heterocycles. The Bertz CT molecular complexity index is 1010. The van der Waals surface area contributed by atoms with Crippen LogP contribution in [0.5, 0.6) is 11.5 Å². The number of nitrogens with one attached hydrogen (secondary N) is 1. The Kier molecular flexibility index (Phi) is 5.07. The summed E-state index contributed by atoms with van der Waals surface area (Å²) < 4.78 is 41.6. The van der Waals surface area contributed by atoms with Gasteiger partial charge < -0.3 is 24.1 Å². The molecule has 1 N–H and O–H groups in total. The molecule has 2 aromatic carbocycles. The molecule has 3 aromatic rings. The van der Waals surface area contributed by atoms with E-state index in [1.54, 1.807) is 48.5 Å². The highest BCUT2D eigenvalue weighted by Crippen LogP contribution is 2.42. The second-order valence-corrected chi connectivity index (χ2v) is 6.36. The molecule has 0 spiro atoms. The van der Waals surface area contributed by atoms with Crippen molar-refractivity contribution in [2.24, 2.45) is 0 Å². The molecule has 0 fully saturated rings. The van der Waals surface area contributed by atoms with Crippen LogP contribution in [-0.4, -0.2) is 24.5 Å². The topological polar surface area (TPSA) is 63.9 Å².